The highest BCUT2D eigenvalue weighted by Gasteiger charge is 2.09. The van der Waals surface area contributed by atoms with Crippen molar-refractivity contribution in [1.82, 2.24) is 4.98 Å². The summed E-state index contributed by atoms with van der Waals surface area (Å²) in [7, 11) is 1.65. The van der Waals surface area contributed by atoms with Crippen LogP contribution < -0.4 is 10.5 Å². The number of ether oxygens (including phenoxy) is 1. The quantitative estimate of drug-likeness (QED) is 0.895. The van der Waals surface area contributed by atoms with E-state index in [1.54, 1.807) is 13.3 Å². The van der Waals surface area contributed by atoms with Gasteiger partial charge in [0.05, 0.1) is 7.11 Å². The third kappa shape index (κ3) is 2.51. The maximum absolute atomic E-state index is 6.06. The lowest BCUT2D eigenvalue weighted by atomic mass is 10.0. The molecule has 0 spiro atoms. The standard InChI is InChI=1S/C15H18N2O/c1-3-13(16)11-6-4-7-12(10-11)15-14(18-2)8-5-9-17-15/h4-10,13H,3,16H2,1-2H3. The van der Waals surface area contributed by atoms with E-state index in [1.165, 1.54) is 0 Å². The minimum Gasteiger partial charge on any atom is -0.494 e. The van der Waals surface area contributed by atoms with Gasteiger partial charge in [0, 0.05) is 17.8 Å². The molecule has 1 aromatic heterocycles. The second-order valence-corrected chi connectivity index (χ2v) is 4.19. The molecule has 1 unspecified atom stereocenters. The van der Waals surface area contributed by atoms with E-state index < -0.39 is 0 Å². The van der Waals surface area contributed by atoms with Gasteiger partial charge in [-0.1, -0.05) is 25.1 Å². The van der Waals surface area contributed by atoms with Crippen molar-refractivity contribution < 1.29 is 4.74 Å². The zero-order chi connectivity index (χ0) is 13.0. The third-order valence-electron chi connectivity index (χ3n) is 3.02. The molecule has 1 atom stereocenters. The van der Waals surface area contributed by atoms with Crippen molar-refractivity contribution in [2.24, 2.45) is 5.73 Å². The summed E-state index contributed by atoms with van der Waals surface area (Å²) in [6.45, 7) is 2.08. The van der Waals surface area contributed by atoms with Crippen LogP contribution in [0.1, 0.15) is 24.9 Å². The minimum atomic E-state index is 0.0691. The van der Waals surface area contributed by atoms with Gasteiger partial charge in [0.15, 0.2) is 0 Å². The highest BCUT2D eigenvalue weighted by atomic mass is 16.5. The number of hydrogen-bond acceptors (Lipinski definition) is 3. The molecule has 0 bridgehead atoms. The monoisotopic (exact) mass is 242 g/mol. The number of methoxy groups -OCH3 is 1. The molecule has 0 saturated heterocycles. The number of aromatic nitrogens is 1. The molecule has 0 fully saturated rings. The molecule has 1 aromatic carbocycles. The summed E-state index contributed by atoms with van der Waals surface area (Å²) in [5.74, 6) is 0.778. The predicted octanol–water partition coefficient (Wildman–Crippen LogP) is 3.17. The second kappa shape index (κ2) is 5.65. The molecule has 3 nitrogen and oxygen atoms in total. The van der Waals surface area contributed by atoms with Crippen molar-refractivity contribution in [2.75, 3.05) is 7.11 Å². The maximum Gasteiger partial charge on any atom is 0.145 e. The molecule has 0 amide bonds. The molecular formula is C15H18N2O. The molecule has 2 rings (SSSR count). The molecule has 94 valence electrons. The van der Waals surface area contributed by atoms with Crippen LogP contribution in [0.4, 0.5) is 0 Å². The van der Waals surface area contributed by atoms with Crippen LogP contribution in [-0.4, -0.2) is 12.1 Å². The molecular weight excluding hydrogens is 224 g/mol. The fourth-order valence-corrected chi connectivity index (χ4v) is 1.92. The van der Waals surface area contributed by atoms with Gasteiger partial charge >= 0.3 is 0 Å². The molecule has 3 heteroatoms. The highest BCUT2D eigenvalue weighted by Crippen LogP contribution is 2.28. The zero-order valence-electron chi connectivity index (χ0n) is 10.8. The van der Waals surface area contributed by atoms with Gasteiger partial charge < -0.3 is 10.5 Å². The first kappa shape index (κ1) is 12.6. The van der Waals surface area contributed by atoms with Crippen molar-refractivity contribution in [3.63, 3.8) is 0 Å². The molecule has 2 aromatic rings. The average Bonchev–Trinajstić information content (AvgIpc) is 2.46. The fraction of sp³-hybridized carbons (Fsp3) is 0.267. The molecule has 0 radical (unpaired) electrons. The Labute approximate surface area is 108 Å². The number of pyridine rings is 1. The third-order valence-corrected chi connectivity index (χ3v) is 3.02. The Bertz CT molecular complexity index is 525. The Morgan fingerprint density at radius 3 is 2.83 bits per heavy atom. The van der Waals surface area contributed by atoms with Crippen LogP contribution in [0.15, 0.2) is 42.6 Å². The van der Waals surface area contributed by atoms with Crippen LogP contribution in [0.25, 0.3) is 11.3 Å². The number of rotatable bonds is 4. The van der Waals surface area contributed by atoms with Gasteiger partial charge in [-0.2, -0.15) is 0 Å². The van der Waals surface area contributed by atoms with Crippen LogP contribution in [0.5, 0.6) is 5.75 Å². The SMILES string of the molecule is CCC(N)c1cccc(-c2ncccc2OC)c1. The highest BCUT2D eigenvalue weighted by molar-refractivity contribution is 5.66. The van der Waals surface area contributed by atoms with Gasteiger partial charge in [0.2, 0.25) is 0 Å². The Hall–Kier alpha value is -1.87. The van der Waals surface area contributed by atoms with Gasteiger partial charge in [-0.05, 0) is 30.2 Å². The molecule has 0 aliphatic heterocycles. The van der Waals surface area contributed by atoms with Gasteiger partial charge in [-0.15, -0.1) is 0 Å². The molecule has 2 N–H and O–H groups in total. The van der Waals surface area contributed by atoms with Crippen LogP contribution in [0, 0.1) is 0 Å². The van der Waals surface area contributed by atoms with Crippen LogP contribution >= 0.6 is 0 Å². The zero-order valence-corrected chi connectivity index (χ0v) is 10.8. The Kier molecular flexibility index (Phi) is 3.95. The first-order valence-electron chi connectivity index (χ1n) is 6.11. The first-order chi connectivity index (χ1) is 8.76. The Balaban J connectivity index is 2.44. The molecule has 0 aliphatic carbocycles. The molecule has 0 aliphatic rings. The van der Waals surface area contributed by atoms with Crippen molar-refractivity contribution in [1.29, 1.82) is 0 Å². The Morgan fingerprint density at radius 2 is 2.11 bits per heavy atom. The summed E-state index contributed by atoms with van der Waals surface area (Å²) in [5, 5.41) is 0. The number of nitrogens with zero attached hydrogens (tertiary/aromatic N) is 1. The molecule has 1 heterocycles. The van der Waals surface area contributed by atoms with Gasteiger partial charge in [0.25, 0.3) is 0 Å². The van der Waals surface area contributed by atoms with E-state index >= 15 is 0 Å². The van der Waals surface area contributed by atoms with Crippen molar-refractivity contribution >= 4 is 0 Å². The van der Waals surface area contributed by atoms with Crippen LogP contribution in [-0.2, 0) is 0 Å². The van der Waals surface area contributed by atoms with E-state index in [-0.39, 0.29) is 6.04 Å². The fourth-order valence-electron chi connectivity index (χ4n) is 1.92. The van der Waals surface area contributed by atoms with Crippen molar-refractivity contribution in [3.05, 3.63) is 48.2 Å². The van der Waals surface area contributed by atoms with E-state index in [0.717, 1.165) is 29.0 Å². The number of nitrogens with two attached hydrogens (primary N) is 1. The summed E-state index contributed by atoms with van der Waals surface area (Å²) in [5.41, 5.74) is 9.08. The number of hydrogen-bond donors (Lipinski definition) is 1. The van der Waals surface area contributed by atoms with Crippen molar-refractivity contribution in [3.8, 4) is 17.0 Å². The molecule has 18 heavy (non-hydrogen) atoms. The summed E-state index contributed by atoms with van der Waals surface area (Å²) in [6.07, 6.45) is 2.69. The Morgan fingerprint density at radius 1 is 1.28 bits per heavy atom. The van der Waals surface area contributed by atoms with Crippen LogP contribution in [0.3, 0.4) is 0 Å². The van der Waals surface area contributed by atoms with Crippen LogP contribution in [0.2, 0.25) is 0 Å². The predicted molar refractivity (Wildman–Crippen MR) is 73.4 cm³/mol. The van der Waals surface area contributed by atoms with Gasteiger partial charge in [-0.25, -0.2) is 0 Å². The topological polar surface area (TPSA) is 48.1 Å². The maximum atomic E-state index is 6.06. The summed E-state index contributed by atoms with van der Waals surface area (Å²) >= 11 is 0. The smallest absolute Gasteiger partial charge is 0.145 e. The summed E-state index contributed by atoms with van der Waals surface area (Å²) in [6, 6.07) is 12.0. The largest absolute Gasteiger partial charge is 0.494 e. The van der Waals surface area contributed by atoms with E-state index in [0.29, 0.717) is 0 Å². The van der Waals surface area contributed by atoms with E-state index in [4.69, 9.17) is 10.5 Å². The minimum absolute atomic E-state index is 0.0691. The summed E-state index contributed by atoms with van der Waals surface area (Å²) < 4.78 is 5.33. The lowest BCUT2D eigenvalue weighted by Gasteiger charge is -2.12. The first-order valence-corrected chi connectivity index (χ1v) is 6.11. The second-order valence-electron chi connectivity index (χ2n) is 4.19. The van der Waals surface area contributed by atoms with E-state index in [9.17, 15) is 0 Å². The summed E-state index contributed by atoms with van der Waals surface area (Å²) in [4.78, 5) is 4.38. The normalized spacial score (nSPS) is 12.2. The van der Waals surface area contributed by atoms with Crippen molar-refractivity contribution in [2.45, 2.75) is 19.4 Å². The average molecular weight is 242 g/mol. The van der Waals surface area contributed by atoms with E-state index in [1.807, 2.05) is 30.3 Å². The lowest BCUT2D eigenvalue weighted by molar-refractivity contribution is 0.415. The van der Waals surface area contributed by atoms with Gasteiger partial charge in [0.1, 0.15) is 11.4 Å². The lowest BCUT2D eigenvalue weighted by Crippen LogP contribution is -2.08. The van der Waals surface area contributed by atoms with E-state index in [2.05, 4.69) is 18.0 Å². The van der Waals surface area contributed by atoms with Gasteiger partial charge in [-0.3, -0.25) is 4.98 Å². The molecule has 0 saturated carbocycles. The number of benzene rings is 1.